The first-order valence-corrected chi connectivity index (χ1v) is 19.6. The zero-order valence-electron chi connectivity index (χ0n) is 28.4. The molecule has 2 saturated carbocycles. The molecule has 0 saturated heterocycles. The molecule has 0 radical (unpaired) electrons. The van der Waals surface area contributed by atoms with E-state index in [0.29, 0.717) is 66.1 Å². The second kappa shape index (κ2) is 17.5. The Labute approximate surface area is 326 Å². The Hall–Kier alpha value is -3.62. The predicted octanol–water partition coefficient (Wildman–Crippen LogP) is 11.0. The average molecular weight is 824 g/mol. The van der Waals surface area contributed by atoms with E-state index in [0.717, 1.165) is 23.9 Å². The summed E-state index contributed by atoms with van der Waals surface area (Å²) < 4.78 is 70.1. The quantitative estimate of drug-likeness (QED) is 0.0884. The number of carbonyl (C=O) groups excluding carboxylic acids is 3. The minimum absolute atomic E-state index is 0.0844. The van der Waals surface area contributed by atoms with Gasteiger partial charge < -0.3 is 15.7 Å². The molecule has 0 aliphatic heterocycles. The van der Waals surface area contributed by atoms with Crippen LogP contribution in [0.1, 0.15) is 83.6 Å². The fourth-order valence-corrected chi connectivity index (χ4v) is 9.69. The van der Waals surface area contributed by atoms with Crippen LogP contribution in [0.4, 0.5) is 33.3 Å². The smallest absolute Gasteiger partial charge is 0.255 e. The molecule has 0 heterocycles. The Morgan fingerprint density at radius 3 is 1.96 bits per heavy atom. The fourth-order valence-electron chi connectivity index (χ4n) is 6.57. The minimum atomic E-state index is -1.67. The molecule has 2 aliphatic rings. The molecule has 2 fully saturated rings. The summed E-state index contributed by atoms with van der Waals surface area (Å²) >= 11 is 15.4. The molecule has 15 heteroatoms. The molecule has 6 nitrogen and oxygen atoms in total. The summed E-state index contributed by atoms with van der Waals surface area (Å²) in [6, 6.07) is 12.0. The van der Waals surface area contributed by atoms with Gasteiger partial charge in [0.05, 0.1) is 16.1 Å². The van der Waals surface area contributed by atoms with Crippen molar-refractivity contribution in [2.45, 2.75) is 83.7 Å². The number of Topliss-reactive ketones (excluding diaryl/α,β-unsaturated/α-hetero) is 1. The third-order valence-electron chi connectivity index (χ3n) is 9.38. The van der Waals surface area contributed by atoms with Gasteiger partial charge in [-0.1, -0.05) is 23.2 Å². The molecule has 2 unspecified atom stereocenters. The number of nitrogens with one attached hydrogen (secondary N) is 2. The van der Waals surface area contributed by atoms with Crippen molar-refractivity contribution in [3.8, 4) is 0 Å². The molecule has 3 N–H and O–H groups in total. The summed E-state index contributed by atoms with van der Waals surface area (Å²) in [6.45, 7) is 0. The maximum atomic E-state index is 15.1. The highest BCUT2D eigenvalue weighted by molar-refractivity contribution is 8.00. The van der Waals surface area contributed by atoms with Crippen molar-refractivity contribution in [3.63, 3.8) is 0 Å². The molecule has 6 rings (SSSR count). The zero-order valence-corrected chi connectivity index (χ0v) is 31.5. The van der Waals surface area contributed by atoms with E-state index in [1.807, 2.05) is 0 Å². The number of halogens is 7. The summed E-state index contributed by atoms with van der Waals surface area (Å²) in [5.74, 6) is -7.65. The first-order chi connectivity index (χ1) is 25.7. The summed E-state index contributed by atoms with van der Waals surface area (Å²) in [5, 5.41) is 15.0. The maximum Gasteiger partial charge on any atom is 0.255 e. The zero-order chi connectivity index (χ0) is 38.7. The maximum absolute atomic E-state index is 15.1. The Morgan fingerprint density at radius 1 is 0.648 bits per heavy atom. The van der Waals surface area contributed by atoms with E-state index in [2.05, 4.69) is 10.6 Å². The van der Waals surface area contributed by atoms with Gasteiger partial charge >= 0.3 is 0 Å². The van der Waals surface area contributed by atoms with Crippen molar-refractivity contribution in [1.29, 1.82) is 0 Å². The molecule has 54 heavy (non-hydrogen) atoms. The van der Waals surface area contributed by atoms with Crippen LogP contribution in [0.5, 0.6) is 0 Å². The fraction of sp³-hybridized carbons (Fsp3) is 0.308. The van der Waals surface area contributed by atoms with Gasteiger partial charge in [-0.05, 0) is 98.5 Å². The van der Waals surface area contributed by atoms with Crippen molar-refractivity contribution in [2.75, 3.05) is 10.6 Å². The first-order valence-electron chi connectivity index (χ1n) is 17.1. The van der Waals surface area contributed by atoms with Gasteiger partial charge in [-0.25, -0.2) is 22.0 Å². The normalized spacial score (nSPS) is 20.3. The molecule has 0 spiro atoms. The number of aliphatic hydroxyl groups excluding tert-OH is 1. The highest BCUT2D eigenvalue weighted by Gasteiger charge is 2.31. The van der Waals surface area contributed by atoms with Crippen molar-refractivity contribution < 1.29 is 41.4 Å². The van der Waals surface area contributed by atoms with Crippen molar-refractivity contribution in [3.05, 3.63) is 116 Å². The number of rotatable bonds is 9. The molecular formula is C39H33Cl2F5N2O4S2. The van der Waals surface area contributed by atoms with Gasteiger partial charge in [-0.2, -0.15) is 0 Å². The van der Waals surface area contributed by atoms with Crippen LogP contribution < -0.4 is 10.6 Å². The van der Waals surface area contributed by atoms with E-state index in [1.165, 1.54) is 36.0 Å². The third-order valence-corrected chi connectivity index (χ3v) is 12.9. The van der Waals surface area contributed by atoms with E-state index < -0.39 is 52.9 Å². The van der Waals surface area contributed by atoms with Crippen LogP contribution >= 0.6 is 46.7 Å². The van der Waals surface area contributed by atoms with Gasteiger partial charge in [-0.15, -0.1) is 23.5 Å². The molecule has 0 bridgehead atoms. The van der Waals surface area contributed by atoms with E-state index in [1.54, 1.807) is 12.1 Å². The van der Waals surface area contributed by atoms with Gasteiger partial charge in [0.1, 0.15) is 17.4 Å². The average Bonchev–Trinajstić information content (AvgIpc) is 3.31. The molecule has 4 aromatic rings. The lowest BCUT2D eigenvalue weighted by molar-refractivity contribution is -0.119. The molecule has 2 atom stereocenters. The van der Waals surface area contributed by atoms with Gasteiger partial charge in [-0.3, -0.25) is 14.4 Å². The van der Waals surface area contributed by atoms with Crippen LogP contribution in [0.2, 0.25) is 10.0 Å². The van der Waals surface area contributed by atoms with Gasteiger partial charge in [0.2, 0.25) is 0 Å². The summed E-state index contributed by atoms with van der Waals surface area (Å²) in [7, 11) is 0. The molecular weight excluding hydrogens is 790 g/mol. The van der Waals surface area contributed by atoms with Crippen LogP contribution in [0.15, 0.2) is 70.5 Å². The molecule has 2 amide bonds. The number of ketones is 1. The number of aliphatic hydroxyl groups is 1. The molecule has 0 aromatic heterocycles. The Bertz CT molecular complexity index is 2080. The molecule has 2 aliphatic carbocycles. The van der Waals surface area contributed by atoms with Gasteiger partial charge in [0.25, 0.3) is 11.8 Å². The van der Waals surface area contributed by atoms with E-state index in [4.69, 9.17) is 23.2 Å². The summed E-state index contributed by atoms with van der Waals surface area (Å²) in [4.78, 5) is 40.6. The van der Waals surface area contributed by atoms with Gasteiger partial charge in [0.15, 0.2) is 17.5 Å². The number of hydrogen-bond donors (Lipinski definition) is 3. The SMILES string of the molecule is O=C1CC(Sc2cc(C(=O)Nc3ccc(F)c(Cl)c3)ccc2F)CCC(c2cc(C(=O)Nc3cc(F)c(F)c(F)c3)cc(SC3CCC(O)CC3)c2Cl)C1. The number of thioether (sulfide) groups is 2. The number of carbonyl (C=O) groups is 3. The highest BCUT2D eigenvalue weighted by Crippen LogP contribution is 2.45. The van der Waals surface area contributed by atoms with E-state index in [-0.39, 0.29) is 61.5 Å². The minimum Gasteiger partial charge on any atom is -0.393 e. The van der Waals surface area contributed by atoms with Crippen LogP contribution in [-0.4, -0.2) is 39.3 Å². The summed E-state index contributed by atoms with van der Waals surface area (Å²) in [6.07, 6.45) is 3.33. The topological polar surface area (TPSA) is 95.5 Å². The second-order valence-corrected chi connectivity index (χ2v) is 16.8. The van der Waals surface area contributed by atoms with Gasteiger partial charge in [0, 0.05) is 67.8 Å². The second-order valence-electron chi connectivity index (χ2n) is 13.3. The highest BCUT2D eigenvalue weighted by atomic mass is 35.5. The largest absolute Gasteiger partial charge is 0.393 e. The molecule has 284 valence electrons. The van der Waals surface area contributed by atoms with Crippen molar-refractivity contribution >= 4 is 75.7 Å². The van der Waals surface area contributed by atoms with Crippen LogP contribution in [0, 0.1) is 29.1 Å². The predicted molar refractivity (Wildman–Crippen MR) is 201 cm³/mol. The number of amides is 2. The number of hydrogen-bond acceptors (Lipinski definition) is 6. The lowest BCUT2D eigenvalue weighted by Crippen LogP contribution is -2.20. The lowest BCUT2D eigenvalue weighted by Gasteiger charge is -2.26. The number of anilines is 2. The van der Waals surface area contributed by atoms with Crippen molar-refractivity contribution in [2.24, 2.45) is 0 Å². The van der Waals surface area contributed by atoms with Crippen LogP contribution in [0.3, 0.4) is 0 Å². The van der Waals surface area contributed by atoms with Crippen LogP contribution in [0.25, 0.3) is 0 Å². The van der Waals surface area contributed by atoms with E-state index >= 15 is 4.39 Å². The Morgan fingerprint density at radius 2 is 1.26 bits per heavy atom. The Balaban J connectivity index is 1.22. The summed E-state index contributed by atoms with van der Waals surface area (Å²) in [5.41, 5.74) is 0.747. The van der Waals surface area contributed by atoms with Crippen molar-refractivity contribution in [1.82, 2.24) is 0 Å². The first kappa shape index (κ1) is 40.1. The Kier molecular flexibility index (Phi) is 12.9. The van der Waals surface area contributed by atoms with Crippen LogP contribution in [-0.2, 0) is 4.79 Å². The third kappa shape index (κ3) is 9.78. The molecule has 4 aromatic carbocycles. The standard InChI is InChI=1S/C39H33Cl2F5N2O4S2/c40-29-15-22(3-10-30(29)42)47-38(51)20-2-9-31(43)34(13-20)54-27-6-1-19(11-25(50)18-27)28-12-21(39(52)48-23-16-32(44)37(46)33(45)17-23)14-35(36(28)41)53-26-7-4-24(49)5-8-26/h2-3,9-10,12-17,19,24,26-27,49H,1,4-8,11,18H2,(H,47,51)(H,48,52). The number of benzene rings is 4. The van der Waals surface area contributed by atoms with E-state index in [9.17, 15) is 37.1 Å². The monoisotopic (exact) mass is 822 g/mol. The lowest BCUT2D eigenvalue weighted by atomic mass is 9.90.